The predicted molar refractivity (Wildman–Crippen MR) is 91.1 cm³/mol. The van der Waals surface area contributed by atoms with Crippen LogP contribution in [0.5, 0.6) is 0 Å². The van der Waals surface area contributed by atoms with Gasteiger partial charge in [-0.05, 0) is 38.0 Å². The third-order valence-corrected chi connectivity index (χ3v) is 3.22. The minimum atomic E-state index is -0.834. The van der Waals surface area contributed by atoms with Gasteiger partial charge in [-0.1, -0.05) is 26.0 Å². The van der Waals surface area contributed by atoms with Crippen LogP contribution in [0.25, 0.3) is 0 Å². The van der Waals surface area contributed by atoms with Gasteiger partial charge in [-0.25, -0.2) is 4.79 Å². The van der Waals surface area contributed by atoms with Crippen molar-refractivity contribution in [3.8, 4) is 0 Å². The number of esters is 1. The van der Waals surface area contributed by atoms with Gasteiger partial charge in [0, 0.05) is 18.5 Å². The maximum atomic E-state index is 12.1. The van der Waals surface area contributed by atoms with Crippen molar-refractivity contribution < 1.29 is 19.1 Å². The Morgan fingerprint density at radius 3 is 2.56 bits per heavy atom. The van der Waals surface area contributed by atoms with E-state index in [-0.39, 0.29) is 12.3 Å². The standard InChI is InChI=1S/C16H19N2O4.C2H6.Fm/c1-16(2,3)22-15(21)13(18-9-19)7-10-4-5-11-8-17-14(20)12(11)6-10;1-2;/h4-6,13H,7-8H2,1-3H3,(H,17,20)(H,18,19);1-2H3;/q-1;;/t13-;;/m0../s1. The zero-order valence-corrected chi connectivity index (χ0v) is 17.5. The number of hydrogen-bond donors (Lipinski definition) is 2. The van der Waals surface area contributed by atoms with Crippen LogP contribution in [0.1, 0.15) is 56.1 Å². The molecular weight excluding hydrogens is 565 g/mol. The van der Waals surface area contributed by atoms with E-state index >= 15 is 0 Å². The third kappa shape index (κ3) is 5.97. The molecule has 0 aliphatic carbocycles. The van der Waals surface area contributed by atoms with E-state index in [0.29, 0.717) is 12.1 Å². The van der Waals surface area contributed by atoms with E-state index in [4.69, 9.17) is 4.74 Å². The monoisotopic (exact) mass is 590 g/mol. The molecule has 6 nitrogen and oxygen atoms in total. The van der Waals surface area contributed by atoms with Crippen LogP contribution >= 0.6 is 0 Å². The van der Waals surface area contributed by atoms with Crippen LogP contribution in [0.3, 0.4) is 0 Å². The van der Waals surface area contributed by atoms with Crippen LogP contribution in [0.4, 0.5) is 0 Å². The molecule has 0 aromatic heterocycles. The Balaban J connectivity index is 0.00000185. The molecule has 1 aliphatic heterocycles. The summed E-state index contributed by atoms with van der Waals surface area (Å²) in [5.41, 5.74) is 1.67. The smallest absolute Gasteiger partial charge is 0.326 e. The first-order valence-electron chi connectivity index (χ1n) is 8.05. The van der Waals surface area contributed by atoms with Crippen LogP contribution in [-0.4, -0.2) is 29.9 Å². The summed E-state index contributed by atoms with van der Waals surface area (Å²) in [7, 11) is 0. The summed E-state index contributed by atoms with van der Waals surface area (Å²) >= 11 is 0. The number of amides is 2. The zero-order valence-electron chi connectivity index (χ0n) is 15.1. The molecule has 1 aliphatic rings. The molecule has 1 atom stereocenters. The molecule has 0 radical (unpaired) electrons. The molecule has 144 valence electrons. The number of ether oxygens (including phenoxy) is 1. The molecule has 2 amide bonds. The molecule has 7 heteroatoms. The normalized spacial score (nSPS) is 13.2. The van der Waals surface area contributed by atoms with Gasteiger partial charge in [0.1, 0.15) is 11.6 Å². The summed E-state index contributed by atoms with van der Waals surface area (Å²) < 4.78 is 5.28. The zero-order chi connectivity index (χ0) is 18.3. The SMILES string of the molecule is CC.CC(C)(C)OC(=O)[C@H](Cc1ccc2c(c1)C(=O)NC2)N[C-]=O.[Fm]. The molecule has 1 heterocycles. The molecule has 1 aromatic carbocycles. The molecule has 2 N–H and O–H groups in total. The van der Waals surface area contributed by atoms with Crippen LogP contribution in [0.2, 0.25) is 0 Å². The van der Waals surface area contributed by atoms with E-state index in [0.717, 1.165) is 11.1 Å². The molecule has 25 heavy (non-hydrogen) atoms. The Hall–Kier alpha value is -3.37. The molecule has 0 fully saturated rings. The summed E-state index contributed by atoms with van der Waals surface area (Å²) in [6, 6.07) is 4.59. The minimum Gasteiger partial charge on any atom is -0.520 e. The maximum absolute atomic E-state index is 12.1. The minimum absolute atomic E-state index is 0. The van der Waals surface area contributed by atoms with Crippen LogP contribution in [-0.2, 0) is 27.3 Å². The molecular formula is C18H25FmN2O4-. The molecule has 1 aromatic rings. The van der Waals surface area contributed by atoms with Gasteiger partial charge in [0.15, 0.2) is 0 Å². The van der Waals surface area contributed by atoms with Gasteiger partial charge in [0.2, 0.25) is 0 Å². The van der Waals surface area contributed by atoms with Gasteiger partial charge in [-0.2, -0.15) is 6.41 Å². The second-order valence-electron chi connectivity index (χ2n) is 6.21. The van der Waals surface area contributed by atoms with Gasteiger partial charge in [-0.15, -0.1) is 0 Å². The Labute approximate surface area is 143 Å². The van der Waals surface area contributed by atoms with E-state index in [1.54, 1.807) is 26.8 Å². The van der Waals surface area contributed by atoms with Crippen molar-refractivity contribution in [1.82, 2.24) is 10.6 Å². The first-order chi connectivity index (χ1) is 11.3. The third-order valence-electron chi connectivity index (χ3n) is 3.22. The topological polar surface area (TPSA) is 84.5 Å². The number of benzene rings is 1. The maximum Gasteiger partial charge on any atom is 0.326 e. The molecule has 0 saturated carbocycles. The summed E-state index contributed by atoms with van der Waals surface area (Å²) in [6.07, 6.45) is 1.78. The molecule has 2 rings (SSSR count). The molecule has 0 unspecified atom stereocenters. The number of hydrogen-bond acceptors (Lipinski definition) is 4. The Morgan fingerprint density at radius 1 is 1.36 bits per heavy atom. The fourth-order valence-corrected chi connectivity index (χ4v) is 2.26. The quantitative estimate of drug-likeness (QED) is 0.312. The summed E-state index contributed by atoms with van der Waals surface area (Å²) in [5, 5.41) is 5.09. The van der Waals surface area contributed by atoms with Gasteiger partial charge >= 0.3 is 5.97 Å². The Morgan fingerprint density at radius 2 is 2.00 bits per heavy atom. The van der Waals surface area contributed by atoms with Crippen molar-refractivity contribution >= 4 is 18.3 Å². The van der Waals surface area contributed by atoms with Crippen LogP contribution < -0.4 is 10.6 Å². The summed E-state index contributed by atoms with van der Waals surface area (Å²) in [6.45, 7) is 9.79. The van der Waals surface area contributed by atoms with E-state index in [9.17, 15) is 14.4 Å². The van der Waals surface area contributed by atoms with Gasteiger partial charge in [0.25, 0.3) is 5.91 Å². The summed E-state index contributed by atoms with van der Waals surface area (Å²) in [4.78, 5) is 34.4. The second kappa shape index (κ2) is 9.05. The van der Waals surface area contributed by atoms with Crippen molar-refractivity contribution in [1.29, 1.82) is 0 Å². The van der Waals surface area contributed by atoms with E-state index in [1.807, 2.05) is 26.0 Å². The van der Waals surface area contributed by atoms with E-state index < -0.39 is 17.6 Å². The van der Waals surface area contributed by atoms with Gasteiger partial charge in [0.05, 0.1) is 0 Å². The number of carbonyl (C=O) groups is 2. The largest absolute Gasteiger partial charge is 0.520 e. The van der Waals surface area contributed by atoms with Gasteiger partial charge < -0.3 is 20.2 Å². The number of carbonyl (C=O) groups excluding carboxylic acids is 3. The van der Waals surface area contributed by atoms with E-state index in [2.05, 4.69) is 10.6 Å². The van der Waals surface area contributed by atoms with Crippen molar-refractivity contribution in [3.63, 3.8) is 0 Å². The average molecular weight is 590 g/mol. The molecule has 0 spiro atoms. The fraction of sp³-hybridized carbons (Fsp3) is 0.500. The first-order valence-corrected chi connectivity index (χ1v) is 8.05. The Bertz CT molecular complexity index is 612. The fourth-order valence-electron chi connectivity index (χ4n) is 2.26. The second-order valence-corrected chi connectivity index (χ2v) is 6.21. The Kier molecular flexibility index (Phi) is 7.83. The van der Waals surface area contributed by atoms with Crippen molar-refractivity contribution in [2.45, 2.75) is 59.2 Å². The average Bonchev–Trinajstić information content (AvgIpc) is 2.88. The summed E-state index contributed by atoms with van der Waals surface area (Å²) in [5.74, 6) is -0.652. The molecule has 0 bridgehead atoms. The van der Waals surface area contributed by atoms with E-state index in [1.165, 1.54) is 6.41 Å². The van der Waals surface area contributed by atoms with Crippen LogP contribution in [0, 0.1) is 0 Å². The molecule has 0 saturated heterocycles. The number of nitrogens with one attached hydrogen (secondary N) is 2. The number of rotatable bonds is 5. The first kappa shape index (κ1) is 21.6. The number of fused-ring (bicyclic) bond motifs is 1. The van der Waals surface area contributed by atoms with Crippen molar-refractivity contribution in [2.24, 2.45) is 0 Å². The predicted octanol–water partition coefficient (Wildman–Crippen LogP) is 1.87. The van der Waals surface area contributed by atoms with Crippen molar-refractivity contribution in [3.05, 3.63) is 34.9 Å². The van der Waals surface area contributed by atoms with Crippen molar-refractivity contribution in [2.75, 3.05) is 0 Å². The van der Waals surface area contributed by atoms with Gasteiger partial charge in [-0.3, -0.25) is 4.79 Å². The van der Waals surface area contributed by atoms with Crippen LogP contribution in [0.15, 0.2) is 18.2 Å².